The minimum absolute atomic E-state index is 0.499. The third kappa shape index (κ3) is 4.23. The molecular weight excluding hydrogens is 256 g/mol. The number of nitrogens with one attached hydrogen (secondary N) is 1. The van der Waals surface area contributed by atoms with Crippen LogP contribution in [0.4, 0.5) is 5.69 Å². The molecule has 21 heavy (non-hydrogen) atoms. The molecule has 1 aromatic rings. The molecule has 1 fully saturated rings. The van der Waals surface area contributed by atoms with Crippen LogP contribution >= 0.6 is 0 Å². The summed E-state index contributed by atoms with van der Waals surface area (Å²) in [4.78, 5) is 2.55. The predicted octanol–water partition coefficient (Wildman–Crippen LogP) is 4.62. The Bertz CT molecular complexity index is 412. The van der Waals surface area contributed by atoms with Gasteiger partial charge < -0.3 is 10.2 Å². The fourth-order valence-electron chi connectivity index (χ4n) is 3.23. The standard InChI is InChI=1S/C19H32N2/c1-5-12-20-19(6-2)17-7-9-18(10-8-17)21-13-11-15(3)16(4)14-21/h7-10,15-16,19-20H,5-6,11-14H2,1-4H3. The van der Waals surface area contributed by atoms with E-state index in [4.69, 9.17) is 0 Å². The van der Waals surface area contributed by atoms with E-state index in [0.717, 1.165) is 24.8 Å². The molecule has 1 aliphatic heterocycles. The summed E-state index contributed by atoms with van der Waals surface area (Å²) in [5, 5.41) is 3.63. The molecular formula is C19H32N2. The van der Waals surface area contributed by atoms with E-state index in [1.54, 1.807) is 0 Å². The molecule has 2 nitrogen and oxygen atoms in total. The van der Waals surface area contributed by atoms with Gasteiger partial charge in [0.15, 0.2) is 0 Å². The van der Waals surface area contributed by atoms with Crippen molar-refractivity contribution in [2.45, 2.75) is 53.0 Å². The van der Waals surface area contributed by atoms with Crippen LogP contribution in [0.2, 0.25) is 0 Å². The fourth-order valence-corrected chi connectivity index (χ4v) is 3.23. The van der Waals surface area contributed by atoms with Crippen LogP contribution in [0.15, 0.2) is 24.3 Å². The van der Waals surface area contributed by atoms with Crippen LogP contribution in [0.3, 0.4) is 0 Å². The average molecular weight is 288 g/mol. The van der Waals surface area contributed by atoms with Gasteiger partial charge >= 0.3 is 0 Å². The summed E-state index contributed by atoms with van der Waals surface area (Å²) in [6, 6.07) is 9.76. The Morgan fingerprint density at radius 1 is 1.14 bits per heavy atom. The minimum Gasteiger partial charge on any atom is -0.371 e. The second-order valence-corrected chi connectivity index (χ2v) is 6.70. The zero-order valence-corrected chi connectivity index (χ0v) is 14.2. The highest BCUT2D eigenvalue weighted by molar-refractivity contribution is 5.48. The van der Waals surface area contributed by atoms with Crippen LogP contribution in [-0.4, -0.2) is 19.6 Å². The van der Waals surface area contributed by atoms with E-state index in [2.05, 4.69) is 62.2 Å². The third-order valence-electron chi connectivity index (χ3n) is 5.04. The lowest BCUT2D eigenvalue weighted by Gasteiger charge is -2.37. The van der Waals surface area contributed by atoms with E-state index < -0.39 is 0 Å². The summed E-state index contributed by atoms with van der Waals surface area (Å²) in [6.45, 7) is 12.8. The molecule has 1 saturated heterocycles. The number of anilines is 1. The van der Waals surface area contributed by atoms with Gasteiger partial charge in [-0.25, -0.2) is 0 Å². The maximum Gasteiger partial charge on any atom is 0.0366 e. The maximum absolute atomic E-state index is 3.63. The van der Waals surface area contributed by atoms with Crippen LogP contribution < -0.4 is 10.2 Å². The van der Waals surface area contributed by atoms with Gasteiger partial charge in [0, 0.05) is 24.8 Å². The van der Waals surface area contributed by atoms with Crippen LogP contribution in [0.5, 0.6) is 0 Å². The van der Waals surface area contributed by atoms with Crippen molar-refractivity contribution < 1.29 is 0 Å². The summed E-state index contributed by atoms with van der Waals surface area (Å²) >= 11 is 0. The summed E-state index contributed by atoms with van der Waals surface area (Å²) in [6.07, 6.45) is 3.66. The lowest BCUT2D eigenvalue weighted by atomic mass is 9.88. The highest BCUT2D eigenvalue weighted by Gasteiger charge is 2.22. The SMILES string of the molecule is CCCNC(CC)c1ccc(N2CCC(C)C(C)C2)cc1. The van der Waals surface area contributed by atoms with Gasteiger partial charge in [-0.2, -0.15) is 0 Å². The van der Waals surface area contributed by atoms with Crippen molar-refractivity contribution >= 4 is 5.69 Å². The molecule has 2 rings (SSSR count). The highest BCUT2D eigenvalue weighted by atomic mass is 15.1. The first-order valence-corrected chi connectivity index (χ1v) is 8.74. The van der Waals surface area contributed by atoms with Gasteiger partial charge in [0.05, 0.1) is 0 Å². The molecule has 0 bridgehead atoms. The van der Waals surface area contributed by atoms with Gasteiger partial charge in [-0.3, -0.25) is 0 Å². The topological polar surface area (TPSA) is 15.3 Å². The van der Waals surface area contributed by atoms with Crippen LogP contribution in [-0.2, 0) is 0 Å². The number of piperidine rings is 1. The quantitative estimate of drug-likeness (QED) is 0.821. The molecule has 1 heterocycles. The van der Waals surface area contributed by atoms with E-state index >= 15 is 0 Å². The molecule has 3 atom stereocenters. The second kappa shape index (κ2) is 7.84. The van der Waals surface area contributed by atoms with Crippen molar-refractivity contribution in [3.8, 4) is 0 Å². The molecule has 0 amide bonds. The van der Waals surface area contributed by atoms with Crippen molar-refractivity contribution in [3.05, 3.63) is 29.8 Å². The van der Waals surface area contributed by atoms with Crippen molar-refractivity contribution in [1.29, 1.82) is 0 Å². The third-order valence-corrected chi connectivity index (χ3v) is 5.04. The molecule has 1 aliphatic rings. The molecule has 0 radical (unpaired) electrons. The van der Waals surface area contributed by atoms with Gasteiger partial charge in [0.1, 0.15) is 0 Å². The minimum atomic E-state index is 0.499. The number of hydrogen-bond donors (Lipinski definition) is 1. The summed E-state index contributed by atoms with van der Waals surface area (Å²) in [7, 11) is 0. The first kappa shape index (κ1) is 16.4. The van der Waals surface area contributed by atoms with E-state index in [1.165, 1.54) is 37.2 Å². The molecule has 3 unspecified atom stereocenters. The summed E-state index contributed by atoms with van der Waals surface area (Å²) in [5.74, 6) is 1.66. The Morgan fingerprint density at radius 3 is 2.43 bits per heavy atom. The van der Waals surface area contributed by atoms with E-state index in [0.29, 0.717) is 6.04 Å². The molecule has 0 saturated carbocycles. The average Bonchev–Trinajstić information content (AvgIpc) is 2.51. The lowest BCUT2D eigenvalue weighted by molar-refractivity contribution is 0.324. The lowest BCUT2D eigenvalue weighted by Crippen LogP contribution is -2.38. The van der Waals surface area contributed by atoms with E-state index in [-0.39, 0.29) is 0 Å². The zero-order chi connectivity index (χ0) is 15.2. The predicted molar refractivity (Wildman–Crippen MR) is 92.9 cm³/mol. The van der Waals surface area contributed by atoms with Crippen LogP contribution in [0.1, 0.15) is 58.6 Å². The van der Waals surface area contributed by atoms with Crippen molar-refractivity contribution in [2.24, 2.45) is 11.8 Å². The smallest absolute Gasteiger partial charge is 0.0366 e. The Kier molecular flexibility index (Phi) is 6.10. The van der Waals surface area contributed by atoms with Gasteiger partial charge in [0.2, 0.25) is 0 Å². The van der Waals surface area contributed by atoms with Gasteiger partial charge in [0.25, 0.3) is 0 Å². The molecule has 0 aliphatic carbocycles. The Morgan fingerprint density at radius 2 is 1.86 bits per heavy atom. The van der Waals surface area contributed by atoms with Crippen LogP contribution in [0, 0.1) is 11.8 Å². The zero-order valence-electron chi connectivity index (χ0n) is 14.2. The largest absolute Gasteiger partial charge is 0.371 e. The van der Waals surface area contributed by atoms with Crippen molar-refractivity contribution in [3.63, 3.8) is 0 Å². The van der Waals surface area contributed by atoms with Crippen molar-refractivity contribution in [2.75, 3.05) is 24.5 Å². The normalized spacial score (nSPS) is 24.1. The second-order valence-electron chi connectivity index (χ2n) is 6.70. The highest BCUT2D eigenvalue weighted by Crippen LogP contribution is 2.28. The number of nitrogens with zero attached hydrogens (tertiary/aromatic N) is 1. The maximum atomic E-state index is 3.63. The molecule has 2 heteroatoms. The fraction of sp³-hybridized carbons (Fsp3) is 0.684. The Balaban J connectivity index is 2.01. The number of rotatable bonds is 6. The van der Waals surface area contributed by atoms with Gasteiger partial charge in [-0.05, 0) is 55.3 Å². The van der Waals surface area contributed by atoms with Gasteiger partial charge in [-0.1, -0.05) is 39.8 Å². The van der Waals surface area contributed by atoms with Crippen LogP contribution in [0.25, 0.3) is 0 Å². The molecule has 118 valence electrons. The monoisotopic (exact) mass is 288 g/mol. The van der Waals surface area contributed by atoms with E-state index in [9.17, 15) is 0 Å². The Labute approximate surface area is 130 Å². The van der Waals surface area contributed by atoms with Gasteiger partial charge in [-0.15, -0.1) is 0 Å². The molecule has 0 spiro atoms. The Hall–Kier alpha value is -1.02. The van der Waals surface area contributed by atoms with Crippen molar-refractivity contribution in [1.82, 2.24) is 5.32 Å². The summed E-state index contributed by atoms with van der Waals surface area (Å²) < 4.78 is 0. The number of benzene rings is 1. The molecule has 0 aromatic heterocycles. The first-order chi connectivity index (χ1) is 10.2. The molecule has 1 N–H and O–H groups in total. The number of hydrogen-bond acceptors (Lipinski definition) is 2. The molecule has 1 aromatic carbocycles. The first-order valence-electron chi connectivity index (χ1n) is 8.74. The summed E-state index contributed by atoms with van der Waals surface area (Å²) in [5.41, 5.74) is 2.82. The van der Waals surface area contributed by atoms with E-state index in [1.807, 2.05) is 0 Å².